The Morgan fingerprint density at radius 2 is 1.78 bits per heavy atom. The molecular weight excluding hydrogens is 342 g/mol. The van der Waals surface area contributed by atoms with E-state index in [1.807, 2.05) is 0 Å². The largest absolute Gasteiger partial charge is 1.00 e. The SMILES string of the molecule is CC1=[C-]CC(C2=CC=CC2)=C1C.C[C](C)=[Zr+2].[Cl-].[Cl-]. The summed E-state index contributed by atoms with van der Waals surface area (Å²) in [5.74, 6) is 0. The maximum absolute atomic E-state index is 3.37. The van der Waals surface area contributed by atoms with Crippen molar-refractivity contribution in [1.29, 1.82) is 0 Å². The average molecular weight is 361 g/mol. The summed E-state index contributed by atoms with van der Waals surface area (Å²) in [6.07, 6.45) is 12.1. The predicted molar refractivity (Wildman–Crippen MR) is 67.9 cm³/mol. The zero-order valence-electron chi connectivity index (χ0n) is 11.4. The van der Waals surface area contributed by atoms with Crippen molar-refractivity contribution in [3.8, 4) is 0 Å². The molecule has 0 heterocycles. The van der Waals surface area contributed by atoms with Gasteiger partial charge in [-0.2, -0.15) is 5.57 Å². The van der Waals surface area contributed by atoms with Gasteiger partial charge in [0.05, 0.1) is 0 Å². The molecular formula is C15H19Cl2Zr-. The van der Waals surface area contributed by atoms with Crippen molar-refractivity contribution >= 4 is 3.21 Å². The normalized spacial score (nSPS) is 16.1. The van der Waals surface area contributed by atoms with Crippen molar-refractivity contribution in [2.75, 3.05) is 0 Å². The van der Waals surface area contributed by atoms with Gasteiger partial charge in [-0.1, -0.05) is 30.7 Å². The van der Waals surface area contributed by atoms with Crippen LogP contribution in [0.1, 0.15) is 40.5 Å². The first-order valence-electron chi connectivity index (χ1n) is 5.67. The molecule has 2 rings (SSSR count). The molecule has 0 N–H and O–H groups in total. The van der Waals surface area contributed by atoms with Crippen LogP contribution in [0.3, 0.4) is 0 Å². The minimum atomic E-state index is 0. The summed E-state index contributed by atoms with van der Waals surface area (Å²) in [7, 11) is 0. The molecule has 0 spiro atoms. The summed E-state index contributed by atoms with van der Waals surface area (Å²) < 4.78 is 1.51. The molecule has 0 aromatic carbocycles. The van der Waals surface area contributed by atoms with Crippen molar-refractivity contribution in [1.82, 2.24) is 0 Å². The average Bonchev–Trinajstić information content (AvgIpc) is 2.77. The molecule has 0 unspecified atom stereocenters. The summed E-state index contributed by atoms with van der Waals surface area (Å²) in [5.41, 5.74) is 5.75. The van der Waals surface area contributed by atoms with Gasteiger partial charge < -0.3 is 24.8 Å². The minimum Gasteiger partial charge on any atom is -1.00 e. The Kier molecular flexibility index (Phi) is 11.6. The minimum absolute atomic E-state index is 0. The van der Waals surface area contributed by atoms with Gasteiger partial charge in [-0.05, 0) is 6.42 Å². The van der Waals surface area contributed by atoms with Crippen LogP contribution in [-0.2, 0) is 24.2 Å². The van der Waals surface area contributed by atoms with Gasteiger partial charge in [0.15, 0.2) is 0 Å². The molecule has 0 aromatic heterocycles. The fourth-order valence-corrected chi connectivity index (χ4v) is 1.74. The second-order valence-corrected chi connectivity index (χ2v) is 6.86. The number of hydrogen-bond donors (Lipinski definition) is 0. The van der Waals surface area contributed by atoms with Gasteiger partial charge >= 0.3 is 41.3 Å². The molecule has 0 nitrogen and oxygen atoms in total. The van der Waals surface area contributed by atoms with E-state index in [0.717, 1.165) is 12.8 Å². The summed E-state index contributed by atoms with van der Waals surface area (Å²) in [6.45, 7) is 8.59. The molecule has 0 saturated heterocycles. The Hall–Kier alpha value is 0.293. The van der Waals surface area contributed by atoms with E-state index in [1.165, 1.54) is 25.5 Å². The van der Waals surface area contributed by atoms with E-state index in [-0.39, 0.29) is 24.8 Å². The molecule has 0 aromatic rings. The maximum atomic E-state index is 3.37. The molecule has 0 bridgehead atoms. The van der Waals surface area contributed by atoms with E-state index in [0.29, 0.717) is 0 Å². The van der Waals surface area contributed by atoms with Crippen molar-refractivity contribution in [3.63, 3.8) is 0 Å². The molecule has 18 heavy (non-hydrogen) atoms. The molecule has 0 fully saturated rings. The van der Waals surface area contributed by atoms with E-state index >= 15 is 0 Å². The third kappa shape index (κ3) is 6.46. The Morgan fingerprint density at radius 3 is 2.11 bits per heavy atom. The first-order valence-corrected chi connectivity index (χ1v) is 6.90. The third-order valence-electron chi connectivity index (χ3n) is 2.70. The topological polar surface area (TPSA) is 0 Å². The zero-order chi connectivity index (χ0) is 12.1. The smallest absolute Gasteiger partial charge is 1.00 e. The number of rotatable bonds is 1. The van der Waals surface area contributed by atoms with Crippen molar-refractivity contribution in [3.05, 3.63) is 46.6 Å². The first kappa shape index (κ1) is 20.6. The Bertz CT molecular complexity index is 408. The van der Waals surface area contributed by atoms with Crippen LogP contribution in [0.5, 0.6) is 0 Å². The molecule has 0 saturated carbocycles. The van der Waals surface area contributed by atoms with Crippen LogP contribution in [0.25, 0.3) is 0 Å². The van der Waals surface area contributed by atoms with E-state index in [2.05, 4.69) is 52.0 Å². The van der Waals surface area contributed by atoms with Gasteiger partial charge in [0.25, 0.3) is 0 Å². The Balaban J connectivity index is 0. The predicted octanol–water partition coefficient (Wildman–Crippen LogP) is -1.90. The molecule has 0 amide bonds. The van der Waals surface area contributed by atoms with Crippen LogP contribution in [0.4, 0.5) is 0 Å². The fraction of sp³-hybridized carbons (Fsp3) is 0.400. The van der Waals surface area contributed by atoms with Crippen LogP contribution in [0, 0.1) is 6.08 Å². The number of halogens is 2. The summed E-state index contributed by atoms with van der Waals surface area (Å²) in [4.78, 5) is 0. The molecule has 0 atom stereocenters. The van der Waals surface area contributed by atoms with Gasteiger partial charge in [-0.15, -0.1) is 18.9 Å². The number of hydrogen-bond acceptors (Lipinski definition) is 0. The third-order valence-corrected chi connectivity index (χ3v) is 2.70. The van der Waals surface area contributed by atoms with Gasteiger partial charge in [0.1, 0.15) is 0 Å². The van der Waals surface area contributed by atoms with Crippen LogP contribution >= 0.6 is 0 Å². The zero-order valence-corrected chi connectivity index (χ0v) is 15.4. The van der Waals surface area contributed by atoms with E-state index in [4.69, 9.17) is 0 Å². The quantitative estimate of drug-likeness (QED) is 0.479. The Morgan fingerprint density at radius 1 is 1.22 bits per heavy atom. The maximum Gasteiger partial charge on any atom is -1.00 e. The molecule has 3 heteroatoms. The van der Waals surface area contributed by atoms with Crippen LogP contribution < -0.4 is 24.8 Å². The molecule has 0 aliphatic heterocycles. The van der Waals surface area contributed by atoms with Gasteiger partial charge in [-0.3, -0.25) is 6.08 Å². The summed E-state index contributed by atoms with van der Waals surface area (Å²) >= 11 is 1.55. The van der Waals surface area contributed by atoms with E-state index in [9.17, 15) is 0 Å². The van der Waals surface area contributed by atoms with Gasteiger partial charge in [0, 0.05) is 0 Å². The monoisotopic (exact) mass is 359 g/mol. The van der Waals surface area contributed by atoms with Crippen LogP contribution in [0.2, 0.25) is 0 Å². The van der Waals surface area contributed by atoms with Crippen molar-refractivity contribution in [2.45, 2.75) is 40.5 Å². The van der Waals surface area contributed by atoms with E-state index < -0.39 is 0 Å². The fourth-order valence-electron chi connectivity index (χ4n) is 1.74. The van der Waals surface area contributed by atoms with Crippen LogP contribution in [0.15, 0.2) is 40.5 Å². The standard InChI is InChI=1S/C12H13.C3H6.2ClH.Zr/c1-9-7-8-12(10(9)2)11-5-3-4-6-11;1-3-2;;;/h3-5H,6,8H2,1-2H3;1-2H3;2*1H;/q-1;;;;+2/p-2. The second-order valence-electron chi connectivity index (χ2n) is 4.41. The van der Waals surface area contributed by atoms with Crippen LogP contribution in [-0.4, -0.2) is 3.21 Å². The summed E-state index contributed by atoms with van der Waals surface area (Å²) in [6, 6.07) is 0. The van der Waals surface area contributed by atoms with E-state index in [1.54, 1.807) is 24.2 Å². The molecule has 98 valence electrons. The molecule has 2 aliphatic carbocycles. The number of allylic oxidation sites excluding steroid dienone is 8. The first-order chi connectivity index (χ1) is 7.52. The van der Waals surface area contributed by atoms with Gasteiger partial charge in [0.2, 0.25) is 0 Å². The Labute approximate surface area is 138 Å². The van der Waals surface area contributed by atoms with Crippen molar-refractivity contribution < 1.29 is 49.0 Å². The molecule has 2 aliphatic rings. The molecule has 0 radical (unpaired) electrons. The second kappa shape index (κ2) is 10.1. The summed E-state index contributed by atoms with van der Waals surface area (Å²) in [5, 5.41) is 0. The van der Waals surface area contributed by atoms with Crippen molar-refractivity contribution in [2.24, 2.45) is 0 Å². The van der Waals surface area contributed by atoms with Gasteiger partial charge in [-0.25, -0.2) is 5.57 Å².